The first-order valence-corrected chi connectivity index (χ1v) is 5.97. The van der Waals surface area contributed by atoms with Crippen LogP contribution in [0.4, 0.5) is 18.9 Å². The summed E-state index contributed by atoms with van der Waals surface area (Å²) in [5.41, 5.74) is -0.711. The number of benzene rings is 1. The molecule has 4 nitrogen and oxygen atoms in total. The number of anilines is 1. The molecule has 0 bridgehead atoms. The van der Waals surface area contributed by atoms with Gasteiger partial charge in [-0.25, -0.2) is 0 Å². The van der Waals surface area contributed by atoms with Crippen LogP contribution in [0.5, 0.6) is 0 Å². The number of alkyl halides is 3. The molecule has 0 aromatic heterocycles. The van der Waals surface area contributed by atoms with Gasteiger partial charge in [0.25, 0.3) is 0 Å². The third-order valence-corrected chi connectivity index (χ3v) is 3.21. The molecule has 7 heteroatoms. The summed E-state index contributed by atoms with van der Waals surface area (Å²) in [6, 6.07) is 4.42. The quantitative estimate of drug-likeness (QED) is 0.838. The first-order valence-electron chi connectivity index (χ1n) is 5.97. The highest BCUT2D eigenvalue weighted by molar-refractivity contribution is 5.98. The third kappa shape index (κ3) is 2.92. The van der Waals surface area contributed by atoms with Gasteiger partial charge in [0.1, 0.15) is 0 Å². The Morgan fingerprint density at radius 1 is 1.40 bits per heavy atom. The molecule has 1 saturated heterocycles. The Balaban J connectivity index is 2.21. The molecule has 0 saturated carbocycles. The van der Waals surface area contributed by atoms with Crippen LogP contribution < -0.4 is 10.0 Å². The molecule has 1 amide bonds. The Kier molecular flexibility index (Phi) is 3.69. The van der Waals surface area contributed by atoms with Crippen LogP contribution in [0.2, 0.25) is 0 Å². The molecule has 108 valence electrons. The topological polar surface area (TPSA) is 60.4 Å². The van der Waals surface area contributed by atoms with E-state index in [9.17, 15) is 27.9 Å². The highest BCUT2D eigenvalue weighted by Gasteiger charge is 2.35. The number of hydrogen-bond acceptors (Lipinski definition) is 3. The van der Waals surface area contributed by atoms with Crippen LogP contribution in [0.3, 0.4) is 0 Å². The van der Waals surface area contributed by atoms with E-state index >= 15 is 0 Å². The number of carboxylic acid groups (broad SMARTS) is 1. The maximum Gasteiger partial charge on any atom is 0.416 e. The summed E-state index contributed by atoms with van der Waals surface area (Å²) in [6.45, 7) is 0.206. The van der Waals surface area contributed by atoms with Crippen LogP contribution in [0.25, 0.3) is 0 Å². The van der Waals surface area contributed by atoms with E-state index in [1.165, 1.54) is 17.0 Å². The first kappa shape index (κ1) is 14.4. The lowest BCUT2D eigenvalue weighted by molar-refractivity contribution is -0.306. The van der Waals surface area contributed by atoms with Gasteiger partial charge in [0.15, 0.2) is 0 Å². The van der Waals surface area contributed by atoms with Crippen molar-refractivity contribution >= 4 is 17.6 Å². The van der Waals surface area contributed by atoms with Crippen LogP contribution in [-0.4, -0.2) is 18.4 Å². The van der Waals surface area contributed by atoms with Gasteiger partial charge < -0.3 is 14.8 Å². The number of carboxylic acids is 1. The van der Waals surface area contributed by atoms with E-state index in [1.54, 1.807) is 0 Å². The fourth-order valence-electron chi connectivity index (χ4n) is 2.24. The highest BCUT2D eigenvalue weighted by Crippen LogP contribution is 2.33. The van der Waals surface area contributed by atoms with Crippen LogP contribution >= 0.6 is 0 Å². The average Bonchev–Trinajstić information content (AvgIpc) is 2.69. The van der Waals surface area contributed by atoms with Crippen LogP contribution in [0, 0.1) is 5.92 Å². The second-order valence-corrected chi connectivity index (χ2v) is 4.60. The molecule has 1 aliphatic rings. The van der Waals surface area contributed by atoms with E-state index in [4.69, 9.17) is 0 Å². The van der Waals surface area contributed by atoms with E-state index in [0.717, 1.165) is 12.1 Å². The maximum atomic E-state index is 12.6. The minimum atomic E-state index is -4.48. The molecular weight excluding hydrogens is 275 g/mol. The van der Waals surface area contributed by atoms with E-state index < -0.39 is 36.0 Å². The fourth-order valence-corrected chi connectivity index (χ4v) is 2.24. The summed E-state index contributed by atoms with van der Waals surface area (Å²) >= 11 is 0. The number of nitrogens with zero attached hydrogens (tertiary/aromatic N) is 1. The zero-order valence-corrected chi connectivity index (χ0v) is 10.3. The van der Waals surface area contributed by atoms with Crippen molar-refractivity contribution in [2.45, 2.75) is 19.0 Å². The van der Waals surface area contributed by atoms with E-state index in [0.29, 0.717) is 6.42 Å². The molecule has 1 unspecified atom stereocenters. The molecule has 0 radical (unpaired) electrons. The van der Waals surface area contributed by atoms with E-state index in [-0.39, 0.29) is 12.2 Å². The zero-order valence-electron chi connectivity index (χ0n) is 10.3. The van der Waals surface area contributed by atoms with Crippen LogP contribution in [-0.2, 0) is 15.8 Å². The van der Waals surface area contributed by atoms with Crippen molar-refractivity contribution in [3.63, 3.8) is 0 Å². The van der Waals surface area contributed by atoms with Crippen molar-refractivity contribution in [3.8, 4) is 0 Å². The number of hydrogen-bond donors (Lipinski definition) is 0. The van der Waals surface area contributed by atoms with Gasteiger partial charge in [0, 0.05) is 24.1 Å². The Bertz CT molecular complexity index is 542. The molecule has 0 N–H and O–H groups in total. The molecule has 1 aliphatic heterocycles. The molecule has 1 fully saturated rings. The van der Waals surface area contributed by atoms with Crippen molar-refractivity contribution in [2.75, 3.05) is 11.4 Å². The monoisotopic (exact) mass is 286 g/mol. The first-order chi connectivity index (χ1) is 9.29. The average molecular weight is 286 g/mol. The lowest BCUT2D eigenvalue weighted by atomic mass is 10.0. The van der Waals surface area contributed by atoms with Crippen molar-refractivity contribution in [1.29, 1.82) is 0 Å². The molecule has 20 heavy (non-hydrogen) atoms. The summed E-state index contributed by atoms with van der Waals surface area (Å²) < 4.78 is 37.8. The third-order valence-electron chi connectivity index (χ3n) is 3.21. The smallest absolute Gasteiger partial charge is 0.416 e. The van der Waals surface area contributed by atoms with Gasteiger partial charge in [-0.2, -0.15) is 13.2 Å². The number of halogens is 3. The molecule has 0 aliphatic carbocycles. The molecular formula is C13H11F3NO3-. The summed E-state index contributed by atoms with van der Waals surface area (Å²) in [5, 5.41) is 10.5. The van der Waals surface area contributed by atoms with Gasteiger partial charge in [0.2, 0.25) is 5.91 Å². The van der Waals surface area contributed by atoms with Gasteiger partial charge in [-0.15, -0.1) is 0 Å². The summed E-state index contributed by atoms with van der Waals surface area (Å²) in [4.78, 5) is 23.6. The lowest BCUT2D eigenvalue weighted by Crippen LogP contribution is -2.31. The highest BCUT2D eigenvalue weighted by atomic mass is 19.4. The number of carbonyl (C=O) groups is 2. The number of carbonyl (C=O) groups excluding carboxylic acids is 2. The van der Waals surface area contributed by atoms with Gasteiger partial charge in [-0.05, 0) is 31.0 Å². The Morgan fingerprint density at radius 2 is 2.10 bits per heavy atom. The Hall–Kier alpha value is -2.05. The molecule has 1 heterocycles. The molecule has 1 aromatic rings. The van der Waals surface area contributed by atoms with E-state index in [1.807, 2.05) is 0 Å². The zero-order chi connectivity index (χ0) is 14.9. The Morgan fingerprint density at radius 3 is 2.70 bits per heavy atom. The summed E-state index contributed by atoms with van der Waals surface area (Å²) in [5.74, 6) is -2.54. The maximum absolute atomic E-state index is 12.6. The Labute approximate surface area is 112 Å². The predicted octanol–water partition coefficient (Wildman–Crippen LogP) is 1.20. The van der Waals surface area contributed by atoms with Gasteiger partial charge in [-0.1, -0.05) is 6.07 Å². The number of aliphatic carboxylic acids is 1. The van der Waals surface area contributed by atoms with Crippen molar-refractivity contribution < 1.29 is 27.9 Å². The van der Waals surface area contributed by atoms with Crippen LogP contribution in [0.1, 0.15) is 18.4 Å². The molecule has 1 aromatic carbocycles. The van der Waals surface area contributed by atoms with Crippen molar-refractivity contribution in [3.05, 3.63) is 29.8 Å². The van der Waals surface area contributed by atoms with E-state index in [2.05, 4.69) is 0 Å². The minimum Gasteiger partial charge on any atom is -0.550 e. The standard InChI is InChI=1S/C13H12F3NO3/c14-13(15,16)9-2-1-3-10(7-9)17-5-4-8(12(17)20)6-11(18)19/h1-3,7-8H,4-6H2,(H,18,19)/p-1. The second-order valence-electron chi connectivity index (χ2n) is 4.60. The minimum absolute atomic E-state index is 0.130. The number of amides is 1. The molecule has 2 rings (SSSR count). The van der Waals surface area contributed by atoms with Crippen LogP contribution in [0.15, 0.2) is 24.3 Å². The SMILES string of the molecule is O=C([O-])CC1CCN(c2cccc(C(F)(F)F)c2)C1=O. The van der Waals surface area contributed by atoms with Gasteiger partial charge >= 0.3 is 6.18 Å². The second kappa shape index (κ2) is 5.15. The summed E-state index contributed by atoms with van der Waals surface area (Å²) in [6.07, 6.45) is -4.60. The van der Waals surface area contributed by atoms with Crippen molar-refractivity contribution in [1.82, 2.24) is 0 Å². The van der Waals surface area contributed by atoms with Gasteiger partial charge in [-0.3, -0.25) is 4.79 Å². The van der Waals surface area contributed by atoms with Crippen molar-refractivity contribution in [2.24, 2.45) is 5.92 Å². The molecule has 1 atom stereocenters. The van der Waals surface area contributed by atoms with Gasteiger partial charge in [0.05, 0.1) is 5.56 Å². The fraction of sp³-hybridized carbons (Fsp3) is 0.385. The summed E-state index contributed by atoms with van der Waals surface area (Å²) in [7, 11) is 0. The number of rotatable bonds is 3. The predicted molar refractivity (Wildman–Crippen MR) is 61.5 cm³/mol. The molecule has 0 spiro atoms. The normalized spacial score (nSPS) is 19.4. The lowest BCUT2D eigenvalue weighted by Gasteiger charge is -2.18. The largest absolute Gasteiger partial charge is 0.550 e.